The molecule has 1 aromatic carbocycles. The van der Waals surface area contributed by atoms with Crippen molar-refractivity contribution in [2.75, 3.05) is 11.9 Å². The Bertz CT molecular complexity index is 872. The summed E-state index contributed by atoms with van der Waals surface area (Å²) in [6.07, 6.45) is 4.64. The van der Waals surface area contributed by atoms with Crippen LogP contribution in [0.5, 0.6) is 0 Å². The van der Waals surface area contributed by atoms with Gasteiger partial charge in [0, 0.05) is 35.7 Å². The third-order valence-electron chi connectivity index (χ3n) is 3.42. The summed E-state index contributed by atoms with van der Waals surface area (Å²) < 4.78 is 8.91. The molecule has 2 aromatic heterocycles. The van der Waals surface area contributed by atoms with E-state index in [2.05, 4.69) is 20.2 Å². The number of carbonyl (C=O) groups excluding carboxylic acids is 2. The molecule has 3 rings (SSSR count). The summed E-state index contributed by atoms with van der Waals surface area (Å²) in [7, 11) is 0. The van der Waals surface area contributed by atoms with Crippen LogP contribution in [0.3, 0.4) is 0 Å². The smallest absolute Gasteiger partial charge is 0.244 e. The Morgan fingerprint density at radius 2 is 2.04 bits per heavy atom. The number of anilines is 1. The van der Waals surface area contributed by atoms with Crippen molar-refractivity contribution in [1.29, 1.82) is 0 Å². The quantitative estimate of drug-likeness (QED) is 0.625. The summed E-state index contributed by atoms with van der Waals surface area (Å²) >= 11 is 1.29. The number of nitrogens with one attached hydrogen (secondary N) is 2. The molecule has 3 aromatic rings. The van der Waals surface area contributed by atoms with Crippen LogP contribution in [0.1, 0.15) is 12.2 Å². The van der Waals surface area contributed by atoms with Crippen LogP contribution < -0.4 is 10.6 Å². The first-order valence-corrected chi connectivity index (χ1v) is 8.71. The van der Waals surface area contributed by atoms with Gasteiger partial charge < -0.3 is 15.1 Å². The van der Waals surface area contributed by atoms with Crippen molar-refractivity contribution in [3.05, 3.63) is 59.9 Å². The monoisotopic (exact) mass is 368 g/mol. The number of aromatic nitrogens is 2. The molecule has 0 bridgehead atoms. The largest absolute Gasteiger partial charge is 0.465 e. The van der Waals surface area contributed by atoms with E-state index in [1.807, 2.05) is 17.5 Å². The van der Waals surface area contributed by atoms with Gasteiger partial charge in [-0.25, -0.2) is 0 Å². The van der Waals surface area contributed by atoms with E-state index in [4.69, 9.17) is 4.42 Å². The molecule has 0 fully saturated rings. The average Bonchev–Trinajstić information content (AvgIpc) is 3.34. The molecule has 132 valence electrons. The summed E-state index contributed by atoms with van der Waals surface area (Å²) in [5.74, 6) is 0.133. The molecular formula is C18H16N4O3S. The van der Waals surface area contributed by atoms with Gasteiger partial charge in [0.25, 0.3) is 0 Å². The van der Waals surface area contributed by atoms with Crippen molar-refractivity contribution >= 4 is 35.1 Å². The highest BCUT2D eigenvalue weighted by Gasteiger charge is 2.05. The van der Waals surface area contributed by atoms with E-state index in [-0.39, 0.29) is 24.8 Å². The number of furan rings is 1. The van der Waals surface area contributed by atoms with E-state index in [1.54, 1.807) is 30.3 Å². The number of nitrogens with zero attached hydrogens (tertiary/aromatic N) is 2. The van der Waals surface area contributed by atoms with E-state index >= 15 is 0 Å². The predicted molar refractivity (Wildman–Crippen MR) is 99.3 cm³/mol. The molecule has 2 heterocycles. The highest BCUT2D eigenvalue weighted by Crippen LogP contribution is 2.20. The Hall–Kier alpha value is -3.26. The van der Waals surface area contributed by atoms with Crippen LogP contribution in [-0.2, 0) is 9.59 Å². The van der Waals surface area contributed by atoms with Crippen molar-refractivity contribution in [3.8, 4) is 11.3 Å². The van der Waals surface area contributed by atoms with E-state index < -0.39 is 0 Å². The lowest BCUT2D eigenvalue weighted by Gasteiger charge is -2.06. The van der Waals surface area contributed by atoms with Crippen LogP contribution in [0.25, 0.3) is 17.3 Å². The Labute approximate surface area is 153 Å². The molecule has 0 unspecified atom stereocenters. The number of hydrogen-bond acceptors (Lipinski definition) is 6. The third-order valence-corrected chi connectivity index (χ3v) is 3.92. The van der Waals surface area contributed by atoms with Crippen molar-refractivity contribution in [2.24, 2.45) is 0 Å². The summed E-state index contributed by atoms with van der Waals surface area (Å²) in [5.41, 5.74) is 2.43. The molecule has 7 nitrogen and oxygen atoms in total. The standard InChI is InChI=1S/C18H16N4O3S/c23-17(8-7-15-2-1-11-25-15)19-10-9-18(24)20-14-5-3-13(4-6-14)16-12-26-22-21-16/h1-8,11-12H,9-10H2,(H,19,23)(H,20,24)/b8-7+. The van der Waals surface area contributed by atoms with Gasteiger partial charge in [0.2, 0.25) is 11.8 Å². The predicted octanol–water partition coefficient (Wildman–Crippen LogP) is 2.96. The van der Waals surface area contributed by atoms with Crippen molar-refractivity contribution in [1.82, 2.24) is 14.9 Å². The Kier molecular flexibility index (Phi) is 5.89. The first-order valence-electron chi connectivity index (χ1n) is 7.87. The first-order chi connectivity index (χ1) is 12.7. The van der Waals surface area contributed by atoms with Crippen molar-refractivity contribution in [2.45, 2.75) is 6.42 Å². The highest BCUT2D eigenvalue weighted by molar-refractivity contribution is 7.03. The van der Waals surface area contributed by atoms with Gasteiger partial charge in [-0.1, -0.05) is 16.6 Å². The van der Waals surface area contributed by atoms with Gasteiger partial charge in [0.1, 0.15) is 11.5 Å². The fraction of sp³-hybridized carbons (Fsp3) is 0.111. The minimum absolute atomic E-state index is 0.177. The second-order valence-corrected chi connectivity index (χ2v) is 5.92. The van der Waals surface area contributed by atoms with Gasteiger partial charge in [-0.15, -0.1) is 5.10 Å². The Morgan fingerprint density at radius 3 is 2.73 bits per heavy atom. The van der Waals surface area contributed by atoms with Crippen LogP contribution in [-0.4, -0.2) is 27.9 Å². The summed E-state index contributed by atoms with van der Waals surface area (Å²) in [6.45, 7) is 0.246. The summed E-state index contributed by atoms with van der Waals surface area (Å²) in [4.78, 5) is 23.6. The molecule has 2 amide bonds. The molecule has 0 aliphatic carbocycles. The minimum Gasteiger partial charge on any atom is -0.465 e. The topological polar surface area (TPSA) is 97.1 Å². The molecule has 0 aliphatic rings. The Morgan fingerprint density at radius 1 is 1.19 bits per heavy atom. The number of hydrogen-bond donors (Lipinski definition) is 2. The van der Waals surface area contributed by atoms with Crippen molar-refractivity contribution in [3.63, 3.8) is 0 Å². The normalized spacial score (nSPS) is 10.8. The molecule has 0 radical (unpaired) electrons. The fourth-order valence-corrected chi connectivity index (χ4v) is 2.61. The number of rotatable bonds is 7. The van der Waals surface area contributed by atoms with E-state index in [1.165, 1.54) is 23.9 Å². The molecule has 0 atom stereocenters. The van der Waals surface area contributed by atoms with Gasteiger partial charge in [0.15, 0.2) is 0 Å². The maximum Gasteiger partial charge on any atom is 0.244 e. The molecule has 2 N–H and O–H groups in total. The summed E-state index contributed by atoms with van der Waals surface area (Å²) in [6, 6.07) is 10.8. The zero-order chi connectivity index (χ0) is 18.2. The molecule has 0 saturated heterocycles. The average molecular weight is 368 g/mol. The van der Waals surface area contributed by atoms with Crippen LogP contribution in [0, 0.1) is 0 Å². The van der Waals surface area contributed by atoms with Crippen LogP contribution in [0.4, 0.5) is 5.69 Å². The van der Waals surface area contributed by atoms with Crippen LogP contribution in [0.2, 0.25) is 0 Å². The van der Waals surface area contributed by atoms with Gasteiger partial charge in [-0.3, -0.25) is 9.59 Å². The lowest BCUT2D eigenvalue weighted by atomic mass is 10.1. The molecule has 8 heteroatoms. The highest BCUT2D eigenvalue weighted by atomic mass is 32.1. The Balaban J connectivity index is 1.40. The first kappa shape index (κ1) is 17.6. The minimum atomic E-state index is -0.282. The van der Waals surface area contributed by atoms with Gasteiger partial charge in [0.05, 0.1) is 6.26 Å². The van der Waals surface area contributed by atoms with Crippen molar-refractivity contribution < 1.29 is 14.0 Å². The molecule has 0 spiro atoms. The lowest BCUT2D eigenvalue weighted by molar-refractivity contribution is -0.117. The zero-order valence-corrected chi connectivity index (χ0v) is 14.5. The maximum absolute atomic E-state index is 11.9. The second kappa shape index (κ2) is 8.72. The molecule has 26 heavy (non-hydrogen) atoms. The van der Waals surface area contributed by atoms with E-state index in [0.717, 1.165) is 11.3 Å². The van der Waals surface area contributed by atoms with Gasteiger partial charge in [-0.2, -0.15) is 0 Å². The lowest BCUT2D eigenvalue weighted by Crippen LogP contribution is -2.26. The number of carbonyl (C=O) groups is 2. The summed E-state index contributed by atoms with van der Waals surface area (Å²) in [5, 5.41) is 11.3. The van der Waals surface area contributed by atoms with Gasteiger partial charge in [-0.05, 0) is 41.9 Å². The van der Waals surface area contributed by atoms with E-state index in [9.17, 15) is 9.59 Å². The van der Waals surface area contributed by atoms with Gasteiger partial charge >= 0.3 is 0 Å². The molecular weight excluding hydrogens is 352 g/mol. The molecule has 0 saturated carbocycles. The third kappa shape index (κ3) is 5.12. The zero-order valence-electron chi connectivity index (χ0n) is 13.7. The van der Waals surface area contributed by atoms with E-state index in [0.29, 0.717) is 11.4 Å². The molecule has 0 aliphatic heterocycles. The van der Waals surface area contributed by atoms with Crippen LogP contribution in [0.15, 0.2) is 58.5 Å². The van der Waals surface area contributed by atoms with Crippen LogP contribution >= 0.6 is 11.5 Å². The SMILES string of the molecule is O=C(/C=C/c1ccco1)NCCC(=O)Nc1ccc(-c2csnn2)cc1. The second-order valence-electron chi connectivity index (χ2n) is 5.31. The fourth-order valence-electron chi connectivity index (χ4n) is 2.14. The number of benzene rings is 1. The maximum atomic E-state index is 11.9. The number of amides is 2.